The molecule has 3 atom stereocenters. The maximum atomic E-state index is 13.1. The van der Waals surface area contributed by atoms with E-state index in [1.165, 1.54) is 43.6 Å². The first-order chi connectivity index (χ1) is 14.1. The molecule has 2 unspecified atom stereocenters. The number of β-lactam (4-membered cyclic amide) rings is 1. The van der Waals surface area contributed by atoms with Crippen LogP contribution in [0.3, 0.4) is 0 Å². The van der Waals surface area contributed by atoms with Crippen LogP contribution in [0.15, 0.2) is 36.7 Å². The summed E-state index contributed by atoms with van der Waals surface area (Å²) < 4.78 is 29.8. The highest BCUT2D eigenvalue weighted by Crippen LogP contribution is 2.47. The predicted molar refractivity (Wildman–Crippen MR) is 99.3 cm³/mol. The number of aromatic nitrogens is 3. The summed E-state index contributed by atoms with van der Waals surface area (Å²) in [7, 11) is -3.90. The molecule has 2 fully saturated rings. The molecule has 4 rings (SSSR count). The molecule has 0 spiro atoms. The summed E-state index contributed by atoms with van der Waals surface area (Å²) in [6.07, 6.45) is 2.58. The van der Waals surface area contributed by atoms with Gasteiger partial charge in [0.2, 0.25) is 5.91 Å². The fraction of sp³-hybridized carbons (Fsp3) is 0.412. The van der Waals surface area contributed by atoms with E-state index in [0.29, 0.717) is 5.56 Å². The van der Waals surface area contributed by atoms with Crippen molar-refractivity contribution in [3.05, 3.63) is 52.3 Å². The van der Waals surface area contributed by atoms with E-state index in [0.717, 1.165) is 9.70 Å². The van der Waals surface area contributed by atoms with E-state index in [9.17, 15) is 28.1 Å². The first kappa shape index (κ1) is 19.9. The van der Waals surface area contributed by atoms with E-state index in [1.807, 2.05) is 0 Å². The summed E-state index contributed by atoms with van der Waals surface area (Å²) in [5.74, 6) is -1.32. The summed E-state index contributed by atoms with van der Waals surface area (Å²) in [4.78, 5) is 37.4. The maximum absolute atomic E-state index is 13.1. The number of nitro groups is 1. The number of benzene rings is 1. The zero-order valence-electron chi connectivity index (χ0n) is 15.7. The van der Waals surface area contributed by atoms with Gasteiger partial charge < -0.3 is 9.64 Å². The Balaban J connectivity index is 1.58. The molecule has 2 saturated heterocycles. The molecule has 2 aliphatic rings. The van der Waals surface area contributed by atoms with Gasteiger partial charge in [0.05, 0.1) is 30.3 Å². The molecule has 0 bridgehead atoms. The molecule has 0 radical (unpaired) electrons. The SMILES string of the molecule is CC1(Cn2nccn2)C(C(=O)OCc2ccc([N+](=O)[O-])cc2)N2C(=O)C[C@H]2S1(=O)=O. The third kappa shape index (κ3) is 2.93. The number of nitrogens with zero attached hydrogens (tertiary/aromatic N) is 5. The Labute approximate surface area is 170 Å². The smallest absolute Gasteiger partial charge is 0.330 e. The van der Waals surface area contributed by atoms with Gasteiger partial charge in [0.15, 0.2) is 15.9 Å². The van der Waals surface area contributed by atoms with Gasteiger partial charge in [-0.1, -0.05) is 0 Å². The highest BCUT2D eigenvalue weighted by atomic mass is 32.2. The van der Waals surface area contributed by atoms with Crippen LogP contribution in [-0.4, -0.2) is 61.3 Å². The minimum Gasteiger partial charge on any atom is -0.459 e. The highest BCUT2D eigenvalue weighted by Gasteiger charge is 2.70. The number of hydrogen-bond donors (Lipinski definition) is 0. The van der Waals surface area contributed by atoms with Gasteiger partial charge in [-0.2, -0.15) is 15.0 Å². The van der Waals surface area contributed by atoms with Crippen molar-refractivity contribution in [2.75, 3.05) is 0 Å². The van der Waals surface area contributed by atoms with Crippen molar-refractivity contribution in [1.82, 2.24) is 19.9 Å². The standard InChI is InChI=1S/C17H17N5O7S/c1-17(10-20-18-6-7-19-20)15(21-13(23)8-14(21)30(17,27)28)16(24)29-9-11-2-4-12(5-3-11)22(25)26/h2-7,14-15H,8-10H2,1H3/t14-,15?,17?/m1/s1. The quantitative estimate of drug-likeness (QED) is 0.265. The molecule has 2 aliphatic heterocycles. The first-order valence-corrected chi connectivity index (χ1v) is 10.5. The zero-order valence-corrected chi connectivity index (χ0v) is 16.6. The van der Waals surface area contributed by atoms with Crippen LogP contribution in [0.4, 0.5) is 5.69 Å². The Kier molecular flexibility index (Phi) is 4.56. The Morgan fingerprint density at radius 2 is 1.93 bits per heavy atom. The summed E-state index contributed by atoms with van der Waals surface area (Å²) in [5.41, 5.74) is 0.372. The van der Waals surface area contributed by atoms with Crippen molar-refractivity contribution in [3.8, 4) is 0 Å². The lowest BCUT2D eigenvalue weighted by Crippen LogP contribution is -2.58. The normalized spacial score (nSPS) is 26.7. The number of amides is 1. The molecule has 1 aromatic carbocycles. The van der Waals surface area contributed by atoms with Crippen molar-refractivity contribution < 1.29 is 27.7 Å². The van der Waals surface area contributed by atoms with E-state index >= 15 is 0 Å². The number of non-ortho nitro benzene ring substituents is 1. The van der Waals surface area contributed by atoms with E-state index in [1.54, 1.807) is 0 Å². The van der Waals surface area contributed by atoms with Crippen LogP contribution < -0.4 is 0 Å². The average molecular weight is 435 g/mol. The summed E-state index contributed by atoms with van der Waals surface area (Å²) in [5, 5.41) is 17.5. The summed E-state index contributed by atoms with van der Waals surface area (Å²) >= 11 is 0. The maximum Gasteiger partial charge on any atom is 0.330 e. The predicted octanol–water partition coefficient (Wildman–Crippen LogP) is 0.0438. The molecular formula is C17H17N5O7S. The Bertz CT molecular complexity index is 1120. The van der Waals surface area contributed by atoms with Gasteiger partial charge in [0.1, 0.15) is 16.7 Å². The number of esters is 1. The topological polar surface area (TPSA) is 155 Å². The Morgan fingerprint density at radius 3 is 2.50 bits per heavy atom. The van der Waals surface area contributed by atoms with Gasteiger partial charge in [0, 0.05) is 12.1 Å². The summed E-state index contributed by atoms with van der Waals surface area (Å²) in [6.45, 7) is 0.936. The fourth-order valence-corrected chi connectivity index (χ4v) is 6.16. The minimum absolute atomic E-state index is 0.111. The zero-order chi connectivity index (χ0) is 21.7. The molecule has 30 heavy (non-hydrogen) atoms. The van der Waals surface area contributed by atoms with Crippen molar-refractivity contribution >= 4 is 27.4 Å². The van der Waals surface area contributed by atoms with E-state index in [2.05, 4.69) is 10.2 Å². The van der Waals surface area contributed by atoms with Gasteiger partial charge in [-0.05, 0) is 24.6 Å². The number of ether oxygens (including phenoxy) is 1. The monoisotopic (exact) mass is 435 g/mol. The molecule has 0 N–H and O–H groups in total. The minimum atomic E-state index is -3.90. The molecule has 12 nitrogen and oxygen atoms in total. The number of hydrogen-bond acceptors (Lipinski definition) is 9. The molecule has 0 saturated carbocycles. The number of carbonyl (C=O) groups is 2. The third-order valence-corrected chi connectivity index (χ3v) is 8.25. The fourth-order valence-electron chi connectivity index (χ4n) is 3.82. The molecule has 158 valence electrons. The second kappa shape index (κ2) is 6.86. The second-order valence-electron chi connectivity index (χ2n) is 7.31. The number of rotatable bonds is 6. The van der Waals surface area contributed by atoms with Crippen LogP contribution in [0.25, 0.3) is 0 Å². The van der Waals surface area contributed by atoms with Crippen LogP contribution in [0.2, 0.25) is 0 Å². The van der Waals surface area contributed by atoms with Crippen LogP contribution in [-0.2, 0) is 37.3 Å². The number of fused-ring (bicyclic) bond motifs is 1. The second-order valence-corrected chi connectivity index (χ2v) is 9.88. The van der Waals surface area contributed by atoms with Crippen LogP contribution >= 0.6 is 0 Å². The molecule has 1 aromatic heterocycles. The average Bonchev–Trinajstić information content (AvgIpc) is 3.24. The molecule has 0 aliphatic carbocycles. The van der Waals surface area contributed by atoms with Gasteiger partial charge in [-0.25, -0.2) is 13.2 Å². The number of nitro benzene ring substituents is 1. The van der Waals surface area contributed by atoms with Gasteiger partial charge in [0.25, 0.3) is 5.69 Å². The van der Waals surface area contributed by atoms with Crippen LogP contribution in [0.1, 0.15) is 18.9 Å². The van der Waals surface area contributed by atoms with E-state index in [4.69, 9.17) is 4.74 Å². The lowest BCUT2D eigenvalue weighted by Gasteiger charge is -2.36. The molecule has 1 amide bonds. The van der Waals surface area contributed by atoms with E-state index in [-0.39, 0.29) is 25.3 Å². The van der Waals surface area contributed by atoms with Crippen molar-refractivity contribution in [1.29, 1.82) is 0 Å². The van der Waals surface area contributed by atoms with Gasteiger partial charge >= 0.3 is 5.97 Å². The lowest BCUT2D eigenvalue weighted by atomic mass is 9.96. The third-order valence-electron chi connectivity index (χ3n) is 5.49. The Morgan fingerprint density at radius 1 is 1.30 bits per heavy atom. The van der Waals surface area contributed by atoms with Crippen molar-refractivity contribution in [2.45, 2.75) is 42.7 Å². The number of carbonyl (C=O) groups excluding carboxylic acids is 2. The highest BCUT2D eigenvalue weighted by molar-refractivity contribution is 7.93. The molecule has 2 aromatic rings. The Hall–Kier alpha value is -3.35. The van der Waals surface area contributed by atoms with Crippen molar-refractivity contribution in [3.63, 3.8) is 0 Å². The van der Waals surface area contributed by atoms with E-state index < -0.39 is 42.8 Å². The first-order valence-electron chi connectivity index (χ1n) is 8.94. The van der Waals surface area contributed by atoms with Crippen molar-refractivity contribution in [2.24, 2.45) is 0 Å². The molecule has 3 heterocycles. The number of sulfone groups is 1. The summed E-state index contributed by atoms with van der Waals surface area (Å²) in [6, 6.07) is 4.05. The van der Waals surface area contributed by atoms with Crippen LogP contribution in [0, 0.1) is 10.1 Å². The van der Waals surface area contributed by atoms with Gasteiger partial charge in [-0.15, -0.1) is 0 Å². The molecular weight excluding hydrogens is 418 g/mol. The largest absolute Gasteiger partial charge is 0.459 e. The van der Waals surface area contributed by atoms with Crippen LogP contribution in [0.5, 0.6) is 0 Å². The van der Waals surface area contributed by atoms with Gasteiger partial charge in [-0.3, -0.25) is 14.9 Å². The lowest BCUT2D eigenvalue weighted by molar-refractivity contribution is -0.384. The molecule has 13 heteroatoms.